The van der Waals surface area contributed by atoms with Gasteiger partial charge >= 0.3 is 0 Å². The van der Waals surface area contributed by atoms with E-state index in [4.69, 9.17) is 0 Å². The zero-order valence-corrected chi connectivity index (χ0v) is 13.7. The molecule has 3 aromatic rings. The maximum absolute atomic E-state index is 12.6. The highest BCUT2D eigenvalue weighted by molar-refractivity contribution is 6.01. The van der Waals surface area contributed by atoms with Gasteiger partial charge < -0.3 is 15.6 Å². The lowest BCUT2D eigenvalue weighted by Gasteiger charge is -2.13. The predicted molar refractivity (Wildman–Crippen MR) is 92.8 cm³/mol. The Labute approximate surface area is 140 Å². The summed E-state index contributed by atoms with van der Waals surface area (Å²) >= 11 is 0. The van der Waals surface area contributed by atoms with Gasteiger partial charge in [-0.15, -0.1) is 0 Å². The summed E-state index contributed by atoms with van der Waals surface area (Å²) in [5, 5.41) is 12.0. The van der Waals surface area contributed by atoms with E-state index in [0.29, 0.717) is 12.2 Å². The van der Waals surface area contributed by atoms with Crippen molar-refractivity contribution in [3.8, 4) is 0 Å². The maximum atomic E-state index is 12.6. The highest BCUT2D eigenvalue weighted by Crippen LogP contribution is 2.22. The van der Waals surface area contributed by atoms with Gasteiger partial charge in [0.25, 0.3) is 5.91 Å². The first kappa shape index (κ1) is 15.0. The number of amides is 1. The first-order valence-electron chi connectivity index (χ1n) is 8.40. The van der Waals surface area contributed by atoms with E-state index in [1.807, 2.05) is 22.9 Å². The van der Waals surface area contributed by atoms with E-state index in [2.05, 4.69) is 39.8 Å². The topological polar surface area (TPSA) is 74.7 Å². The molecule has 3 N–H and O–H groups in total. The number of fused-ring (bicyclic) bond motifs is 2. The number of hydrogen-bond acceptors (Lipinski definition) is 3. The molecule has 0 bridgehead atoms. The highest BCUT2D eigenvalue weighted by atomic mass is 16.1. The second-order valence-electron chi connectivity index (χ2n) is 6.09. The highest BCUT2D eigenvalue weighted by Gasteiger charge is 2.17. The third-order valence-corrected chi connectivity index (χ3v) is 4.54. The van der Waals surface area contributed by atoms with Crippen LogP contribution in [-0.2, 0) is 26.1 Å². The number of carbonyl (C=O) groups excluding carboxylic acids is 1. The van der Waals surface area contributed by atoms with Crippen LogP contribution in [0.25, 0.3) is 10.9 Å². The molecule has 1 aromatic carbocycles. The average molecular weight is 323 g/mol. The molecule has 0 fully saturated rings. The van der Waals surface area contributed by atoms with Crippen molar-refractivity contribution in [3.05, 3.63) is 53.0 Å². The Kier molecular flexibility index (Phi) is 3.82. The summed E-state index contributed by atoms with van der Waals surface area (Å²) in [6, 6.07) is 10.1. The molecule has 4 rings (SSSR count). The van der Waals surface area contributed by atoms with E-state index in [9.17, 15) is 4.79 Å². The molecule has 0 aliphatic carbocycles. The SMILES string of the molecule is CCc1c(C(=O)NCc2cc3n(n2)CCNC3)[nH]c2ccccc12. The quantitative estimate of drug-likeness (QED) is 0.687. The first-order chi connectivity index (χ1) is 11.8. The van der Waals surface area contributed by atoms with Crippen molar-refractivity contribution < 1.29 is 4.79 Å². The number of nitrogens with zero attached hydrogens (tertiary/aromatic N) is 2. The predicted octanol–water partition coefficient (Wildman–Crippen LogP) is 1.96. The molecule has 0 atom stereocenters. The van der Waals surface area contributed by atoms with Gasteiger partial charge in [-0.25, -0.2) is 0 Å². The Morgan fingerprint density at radius 1 is 1.38 bits per heavy atom. The summed E-state index contributed by atoms with van der Waals surface area (Å²) in [6.45, 7) is 5.17. The largest absolute Gasteiger partial charge is 0.350 e. The number of hydrogen-bond donors (Lipinski definition) is 3. The van der Waals surface area contributed by atoms with Gasteiger partial charge in [-0.3, -0.25) is 9.48 Å². The number of aryl methyl sites for hydroxylation is 1. The van der Waals surface area contributed by atoms with Crippen molar-refractivity contribution in [3.63, 3.8) is 0 Å². The van der Waals surface area contributed by atoms with Crippen LogP contribution in [0.3, 0.4) is 0 Å². The van der Waals surface area contributed by atoms with Crippen molar-refractivity contribution in [1.29, 1.82) is 0 Å². The fourth-order valence-corrected chi connectivity index (χ4v) is 3.36. The lowest BCUT2D eigenvalue weighted by Crippen LogP contribution is -2.28. The van der Waals surface area contributed by atoms with Gasteiger partial charge in [0.2, 0.25) is 0 Å². The molecule has 6 nitrogen and oxygen atoms in total. The van der Waals surface area contributed by atoms with Crippen molar-refractivity contribution in [2.24, 2.45) is 0 Å². The van der Waals surface area contributed by atoms with Gasteiger partial charge in [0.1, 0.15) is 5.69 Å². The molecule has 0 spiro atoms. The third kappa shape index (κ3) is 2.59. The standard InChI is InChI=1S/C18H21N5O/c1-2-14-15-5-3-4-6-16(15)21-17(14)18(24)20-10-12-9-13-11-19-7-8-23(13)22-12/h3-6,9,19,21H,2,7-8,10-11H2,1H3,(H,20,24). The molecule has 3 heterocycles. The Bertz CT molecular complexity index is 869. The molecule has 0 unspecified atom stereocenters. The molecular weight excluding hydrogens is 302 g/mol. The summed E-state index contributed by atoms with van der Waals surface area (Å²) < 4.78 is 2.01. The molecule has 24 heavy (non-hydrogen) atoms. The summed E-state index contributed by atoms with van der Waals surface area (Å²) in [6.07, 6.45) is 0.817. The number of aromatic amines is 1. The average Bonchev–Trinajstić information content (AvgIpc) is 3.20. The van der Waals surface area contributed by atoms with E-state index in [0.717, 1.165) is 48.2 Å². The van der Waals surface area contributed by atoms with Crippen LogP contribution < -0.4 is 10.6 Å². The minimum absolute atomic E-state index is 0.0767. The second kappa shape index (κ2) is 6.13. The van der Waals surface area contributed by atoms with Crippen LogP contribution in [0.1, 0.15) is 34.4 Å². The number of para-hydroxylation sites is 1. The second-order valence-corrected chi connectivity index (χ2v) is 6.09. The number of carbonyl (C=O) groups is 1. The lowest BCUT2D eigenvalue weighted by molar-refractivity contribution is 0.0945. The van der Waals surface area contributed by atoms with E-state index in [1.165, 1.54) is 5.69 Å². The Balaban J connectivity index is 1.53. The summed E-state index contributed by atoms with van der Waals surface area (Å²) in [5.74, 6) is -0.0767. The van der Waals surface area contributed by atoms with Crippen molar-refractivity contribution in [1.82, 2.24) is 25.4 Å². The van der Waals surface area contributed by atoms with Crippen LogP contribution in [-0.4, -0.2) is 27.2 Å². The van der Waals surface area contributed by atoms with Gasteiger partial charge in [-0.1, -0.05) is 25.1 Å². The number of aromatic nitrogens is 3. The lowest BCUT2D eigenvalue weighted by atomic mass is 10.1. The molecule has 0 radical (unpaired) electrons. The summed E-state index contributed by atoms with van der Waals surface area (Å²) in [5.41, 5.74) is 4.80. The van der Waals surface area contributed by atoms with Crippen LogP contribution in [0.15, 0.2) is 30.3 Å². The van der Waals surface area contributed by atoms with Crippen LogP contribution in [0.5, 0.6) is 0 Å². The van der Waals surface area contributed by atoms with E-state index in [-0.39, 0.29) is 5.91 Å². The molecule has 2 aromatic heterocycles. The molecule has 1 aliphatic heterocycles. The number of nitrogens with one attached hydrogen (secondary N) is 3. The third-order valence-electron chi connectivity index (χ3n) is 4.54. The molecular formula is C18H21N5O. The monoisotopic (exact) mass is 323 g/mol. The Morgan fingerprint density at radius 2 is 2.25 bits per heavy atom. The maximum Gasteiger partial charge on any atom is 0.268 e. The molecule has 1 aliphatic rings. The molecule has 1 amide bonds. The minimum atomic E-state index is -0.0767. The van der Waals surface area contributed by atoms with Crippen molar-refractivity contribution >= 4 is 16.8 Å². The Hall–Kier alpha value is -2.60. The van der Waals surface area contributed by atoms with Crippen LogP contribution in [0, 0.1) is 0 Å². The summed E-state index contributed by atoms with van der Waals surface area (Å²) in [4.78, 5) is 15.9. The number of benzene rings is 1. The normalized spacial score (nSPS) is 13.9. The van der Waals surface area contributed by atoms with Crippen LogP contribution in [0.4, 0.5) is 0 Å². The van der Waals surface area contributed by atoms with Crippen molar-refractivity contribution in [2.45, 2.75) is 33.0 Å². The number of rotatable bonds is 4. The Morgan fingerprint density at radius 3 is 3.08 bits per heavy atom. The van der Waals surface area contributed by atoms with Gasteiger partial charge in [-0.05, 0) is 24.1 Å². The molecule has 6 heteroatoms. The van der Waals surface area contributed by atoms with E-state index in [1.54, 1.807) is 0 Å². The molecule has 0 saturated carbocycles. The van der Waals surface area contributed by atoms with Gasteiger partial charge in [0.05, 0.1) is 24.5 Å². The minimum Gasteiger partial charge on any atom is -0.350 e. The summed E-state index contributed by atoms with van der Waals surface area (Å²) in [7, 11) is 0. The van der Waals surface area contributed by atoms with Crippen LogP contribution in [0.2, 0.25) is 0 Å². The fraction of sp³-hybridized carbons (Fsp3) is 0.333. The van der Waals surface area contributed by atoms with Crippen molar-refractivity contribution in [2.75, 3.05) is 6.54 Å². The van der Waals surface area contributed by atoms with Gasteiger partial charge in [0, 0.05) is 24.0 Å². The zero-order chi connectivity index (χ0) is 16.5. The van der Waals surface area contributed by atoms with Crippen LogP contribution >= 0.6 is 0 Å². The van der Waals surface area contributed by atoms with E-state index < -0.39 is 0 Å². The fourth-order valence-electron chi connectivity index (χ4n) is 3.36. The van der Waals surface area contributed by atoms with E-state index >= 15 is 0 Å². The molecule has 0 saturated heterocycles. The molecule has 124 valence electrons. The van der Waals surface area contributed by atoms with Gasteiger partial charge in [0.15, 0.2) is 0 Å². The zero-order valence-electron chi connectivity index (χ0n) is 13.7. The van der Waals surface area contributed by atoms with Gasteiger partial charge in [-0.2, -0.15) is 5.10 Å². The smallest absolute Gasteiger partial charge is 0.268 e. The first-order valence-corrected chi connectivity index (χ1v) is 8.40. The number of H-pyrrole nitrogens is 1.